The van der Waals surface area contributed by atoms with Crippen LogP contribution in [0.2, 0.25) is 5.02 Å². The molecule has 1 saturated heterocycles. The van der Waals surface area contributed by atoms with Crippen molar-refractivity contribution in [1.29, 1.82) is 0 Å². The standard InChI is InChI=1S/C26H20BrClFNO4S/c1-2-33-22-11-18(21(27)13-23(22)34-15-17-5-9-20(29)10-6-17)12-24-25(31)30(26(32)35-24)14-16-3-7-19(28)8-4-16/h3-13H,2,14-15H2,1H3/b24-12-. The average Bonchev–Trinajstić information content (AvgIpc) is 3.10. The summed E-state index contributed by atoms with van der Waals surface area (Å²) >= 11 is 10.3. The molecular weight excluding hydrogens is 557 g/mol. The van der Waals surface area contributed by atoms with Gasteiger partial charge in [0.15, 0.2) is 11.5 Å². The zero-order valence-electron chi connectivity index (χ0n) is 18.6. The second-order valence-electron chi connectivity index (χ2n) is 7.56. The van der Waals surface area contributed by atoms with E-state index < -0.39 is 0 Å². The predicted octanol–water partition coefficient (Wildman–Crippen LogP) is 7.46. The molecule has 0 spiro atoms. The van der Waals surface area contributed by atoms with E-state index in [2.05, 4.69) is 15.9 Å². The van der Waals surface area contributed by atoms with Gasteiger partial charge in [-0.1, -0.05) is 51.8 Å². The maximum Gasteiger partial charge on any atom is 0.293 e. The Morgan fingerprint density at radius 3 is 2.34 bits per heavy atom. The fraction of sp³-hybridized carbons (Fsp3) is 0.154. The van der Waals surface area contributed by atoms with Crippen molar-refractivity contribution in [2.45, 2.75) is 20.1 Å². The first-order valence-corrected chi connectivity index (χ1v) is 12.7. The molecule has 2 amide bonds. The number of halogens is 3. The largest absolute Gasteiger partial charge is 0.490 e. The van der Waals surface area contributed by atoms with Crippen molar-refractivity contribution in [2.24, 2.45) is 0 Å². The minimum absolute atomic E-state index is 0.167. The summed E-state index contributed by atoms with van der Waals surface area (Å²) in [5.74, 6) is 0.311. The third kappa shape index (κ3) is 6.25. The molecular formula is C26H20BrClFNO4S. The average molecular weight is 577 g/mol. The van der Waals surface area contributed by atoms with Gasteiger partial charge in [0, 0.05) is 9.50 Å². The van der Waals surface area contributed by atoms with Crippen LogP contribution < -0.4 is 9.47 Å². The number of amides is 2. The number of imide groups is 1. The maximum absolute atomic E-state index is 13.2. The van der Waals surface area contributed by atoms with Gasteiger partial charge in [0.05, 0.1) is 18.1 Å². The molecule has 35 heavy (non-hydrogen) atoms. The van der Waals surface area contributed by atoms with Crippen LogP contribution >= 0.6 is 39.3 Å². The lowest BCUT2D eigenvalue weighted by atomic mass is 10.1. The molecule has 0 bridgehead atoms. The molecule has 180 valence electrons. The number of hydrogen-bond donors (Lipinski definition) is 0. The first-order valence-electron chi connectivity index (χ1n) is 10.7. The van der Waals surface area contributed by atoms with Crippen molar-refractivity contribution in [3.8, 4) is 11.5 Å². The lowest BCUT2D eigenvalue weighted by Gasteiger charge is -2.14. The third-order valence-electron chi connectivity index (χ3n) is 5.08. The number of thioether (sulfide) groups is 1. The van der Waals surface area contributed by atoms with Crippen LogP contribution in [0.3, 0.4) is 0 Å². The van der Waals surface area contributed by atoms with E-state index in [1.165, 1.54) is 17.0 Å². The summed E-state index contributed by atoms with van der Waals surface area (Å²) in [7, 11) is 0. The summed E-state index contributed by atoms with van der Waals surface area (Å²) in [5.41, 5.74) is 2.28. The van der Waals surface area contributed by atoms with E-state index >= 15 is 0 Å². The predicted molar refractivity (Wildman–Crippen MR) is 139 cm³/mol. The van der Waals surface area contributed by atoms with Crippen LogP contribution in [0, 0.1) is 5.82 Å². The van der Waals surface area contributed by atoms with E-state index in [4.69, 9.17) is 21.1 Å². The second-order valence-corrected chi connectivity index (χ2v) is 9.85. The lowest BCUT2D eigenvalue weighted by Crippen LogP contribution is -2.27. The maximum atomic E-state index is 13.2. The Hall–Kier alpha value is -2.81. The summed E-state index contributed by atoms with van der Waals surface area (Å²) in [4.78, 5) is 27.0. The molecule has 0 N–H and O–H groups in total. The molecule has 0 aliphatic carbocycles. The van der Waals surface area contributed by atoms with Gasteiger partial charge in [-0.3, -0.25) is 14.5 Å². The topological polar surface area (TPSA) is 55.8 Å². The lowest BCUT2D eigenvalue weighted by molar-refractivity contribution is -0.123. The summed E-state index contributed by atoms with van der Waals surface area (Å²) in [6.45, 7) is 2.66. The minimum Gasteiger partial charge on any atom is -0.490 e. The molecule has 1 fully saturated rings. The number of nitrogens with zero attached hydrogens (tertiary/aromatic N) is 1. The number of carbonyl (C=O) groups excluding carboxylic acids is 2. The van der Waals surface area contributed by atoms with Crippen molar-refractivity contribution in [3.63, 3.8) is 0 Å². The van der Waals surface area contributed by atoms with Crippen molar-refractivity contribution in [3.05, 3.63) is 97.6 Å². The number of carbonyl (C=O) groups is 2. The van der Waals surface area contributed by atoms with E-state index in [0.717, 1.165) is 22.9 Å². The third-order valence-corrected chi connectivity index (χ3v) is 6.93. The van der Waals surface area contributed by atoms with Crippen molar-refractivity contribution in [1.82, 2.24) is 4.90 Å². The fourth-order valence-electron chi connectivity index (χ4n) is 3.33. The molecule has 4 rings (SSSR count). The number of ether oxygens (including phenoxy) is 2. The van der Waals surface area contributed by atoms with Crippen LogP contribution in [0.25, 0.3) is 6.08 Å². The Labute approximate surface area is 220 Å². The molecule has 1 heterocycles. The van der Waals surface area contributed by atoms with Gasteiger partial charge in [-0.15, -0.1) is 0 Å². The molecule has 0 radical (unpaired) electrons. The van der Waals surface area contributed by atoms with E-state index in [0.29, 0.717) is 38.1 Å². The quantitative estimate of drug-likeness (QED) is 0.261. The highest BCUT2D eigenvalue weighted by Gasteiger charge is 2.35. The van der Waals surface area contributed by atoms with Crippen LogP contribution in [-0.4, -0.2) is 22.7 Å². The van der Waals surface area contributed by atoms with Crippen molar-refractivity contribution < 1.29 is 23.5 Å². The van der Waals surface area contributed by atoms with Crippen LogP contribution in [0.4, 0.5) is 9.18 Å². The summed E-state index contributed by atoms with van der Waals surface area (Å²) < 4.78 is 25.5. The Morgan fingerprint density at radius 1 is 1.00 bits per heavy atom. The molecule has 1 aliphatic rings. The molecule has 5 nitrogen and oxygen atoms in total. The Bertz CT molecular complexity index is 1280. The first-order chi connectivity index (χ1) is 16.8. The molecule has 9 heteroatoms. The van der Waals surface area contributed by atoms with E-state index in [1.54, 1.807) is 54.6 Å². The van der Waals surface area contributed by atoms with Gasteiger partial charge >= 0.3 is 0 Å². The molecule has 0 atom stereocenters. The molecule has 3 aromatic carbocycles. The van der Waals surface area contributed by atoms with Gasteiger partial charge in [0.2, 0.25) is 0 Å². The minimum atomic E-state index is -0.364. The Balaban J connectivity index is 1.54. The molecule has 1 aliphatic heterocycles. The summed E-state index contributed by atoms with van der Waals surface area (Å²) in [6.07, 6.45) is 1.66. The van der Waals surface area contributed by atoms with E-state index in [-0.39, 0.29) is 30.1 Å². The summed E-state index contributed by atoms with van der Waals surface area (Å²) in [6, 6.07) is 16.6. The monoisotopic (exact) mass is 575 g/mol. The SMILES string of the molecule is CCOc1cc(/C=C2\SC(=O)N(Cc3ccc(Cl)cc3)C2=O)c(Br)cc1OCc1ccc(F)cc1. The highest BCUT2D eigenvalue weighted by atomic mass is 79.9. The van der Waals surface area contributed by atoms with Crippen LogP contribution in [0.1, 0.15) is 23.6 Å². The van der Waals surface area contributed by atoms with Crippen LogP contribution in [-0.2, 0) is 17.9 Å². The van der Waals surface area contributed by atoms with Crippen molar-refractivity contribution in [2.75, 3.05) is 6.61 Å². The number of hydrogen-bond acceptors (Lipinski definition) is 5. The molecule has 0 unspecified atom stereocenters. The van der Waals surface area contributed by atoms with Gasteiger partial charge in [0.25, 0.3) is 11.1 Å². The second kappa shape index (κ2) is 11.3. The number of rotatable bonds is 8. The smallest absolute Gasteiger partial charge is 0.293 e. The highest BCUT2D eigenvalue weighted by molar-refractivity contribution is 9.10. The highest BCUT2D eigenvalue weighted by Crippen LogP contribution is 2.39. The normalized spacial score (nSPS) is 14.6. The molecule has 0 saturated carbocycles. The zero-order chi connectivity index (χ0) is 24.9. The van der Waals surface area contributed by atoms with Gasteiger partial charge in [-0.25, -0.2) is 4.39 Å². The first kappa shape index (κ1) is 25.3. The number of benzene rings is 3. The van der Waals surface area contributed by atoms with Gasteiger partial charge < -0.3 is 9.47 Å². The molecule has 0 aromatic heterocycles. The van der Waals surface area contributed by atoms with Gasteiger partial charge in [0.1, 0.15) is 12.4 Å². The van der Waals surface area contributed by atoms with Gasteiger partial charge in [-0.05, 0) is 77.9 Å². The Kier molecular flexibility index (Phi) is 8.15. The van der Waals surface area contributed by atoms with Crippen LogP contribution in [0.15, 0.2) is 70.0 Å². The summed E-state index contributed by atoms with van der Waals surface area (Å²) in [5, 5.41) is 0.249. The van der Waals surface area contributed by atoms with Crippen molar-refractivity contribution >= 4 is 56.5 Å². The van der Waals surface area contributed by atoms with E-state index in [1.807, 2.05) is 6.92 Å². The van der Waals surface area contributed by atoms with Gasteiger partial charge in [-0.2, -0.15) is 0 Å². The zero-order valence-corrected chi connectivity index (χ0v) is 21.8. The van der Waals surface area contributed by atoms with E-state index in [9.17, 15) is 14.0 Å². The Morgan fingerprint density at radius 2 is 1.66 bits per heavy atom. The fourth-order valence-corrected chi connectivity index (χ4v) is 4.73. The van der Waals surface area contributed by atoms with Crippen LogP contribution in [0.5, 0.6) is 11.5 Å². The molecule has 3 aromatic rings.